The Kier molecular flexibility index (Phi) is 3.84. The van der Waals surface area contributed by atoms with E-state index in [4.69, 9.17) is 9.47 Å². The number of nitrogens with one attached hydrogen (secondary N) is 1. The Morgan fingerprint density at radius 2 is 1.86 bits per heavy atom. The van der Waals surface area contributed by atoms with Gasteiger partial charge in [0, 0.05) is 19.0 Å². The number of hydrogen-bond donors (Lipinski definition) is 1. The number of hydrogen-bond acceptors (Lipinski definition) is 3. The SMILES string of the molecule is COc1ccc(C2CNCc3c(C)cccc32)cc1OC. The molecule has 2 aromatic rings. The first kappa shape index (κ1) is 14.0. The standard InChI is InChI=1S/C18H21NO2/c1-12-5-4-6-14-15(12)10-19-11-16(14)13-7-8-17(20-2)18(9-13)21-3/h4-9,16,19H,10-11H2,1-3H3. The molecular weight excluding hydrogens is 262 g/mol. The average molecular weight is 283 g/mol. The molecule has 3 heteroatoms. The quantitative estimate of drug-likeness (QED) is 0.938. The summed E-state index contributed by atoms with van der Waals surface area (Å²) < 4.78 is 10.8. The third-order valence-electron chi connectivity index (χ3n) is 4.28. The molecule has 0 radical (unpaired) electrons. The topological polar surface area (TPSA) is 30.5 Å². The summed E-state index contributed by atoms with van der Waals surface area (Å²) in [7, 11) is 3.34. The second-order valence-corrected chi connectivity index (χ2v) is 5.44. The number of aryl methyl sites for hydroxylation is 1. The van der Waals surface area contributed by atoms with E-state index in [1.165, 1.54) is 22.3 Å². The van der Waals surface area contributed by atoms with Crippen molar-refractivity contribution in [3.05, 3.63) is 58.7 Å². The van der Waals surface area contributed by atoms with Gasteiger partial charge in [-0.1, -0.05) is 24.3 Å². The zero-order valence-electron chi connectivity index (χ0n) is 12.8. The summed E-state index contributed by atoms with van der Waals surface area (Å²) in [6, 6.07) is 12.8. The molecule has 0 saturated heterocycles. The molecule has 0 saturated carbocycles. The van der Waals surface area contributed by atoms with Crippen LogP contribution in [0.2, 0.25) is 0 Å². The highest BCUT2D eigenvalue weighted by Crippen LogP contribution is 2.36. The number of ether oxygens (including phenoxy) is 2. The Morgan fingerprint density at radius 1 is 1.05 bits per heavy atom. The van der Waals surface area contributed by atoms with Gasteiger partial charge in [0.25, 0.3) is 0 Å². The molecule has 0 fully saturated rings. The predicted octanol–water partition coefficient (Wildman–Crippen LogP) is 3.25. The summed E-state index contributed by atoms with van der Waals surface area (Å²) in [6.07, 6.45) is 0. The maximum absolute atomic E-state index is 5.43. The molecule has 1 heterocycles. The van der Waals surface area contributed by atoms with Gasteiger partial charge >= 0.3 is 0 Å². The molecule has 3 nitrogen and oxygen atoms in total. The first-order valence-electron chi connectivity index (χ1n) is 7.25. The fraction of sp³-hybridized carbons (Fsp3) is 0.333. The van der Waals surface area contributed by atoms with E-state index in [1.54, 1.807) is 14.2 Å². The number of fused-ring (bicyclic) bond motifs is 1. The Balaban J connectivity index is 2.05. The summed E-state index contributed by atoms with van der Waals surface area (Å²) in [5.41, 5.74) is 5.45. The third kappa shape index (κ3) is 2.49. The fourth-order valence-corrected chi connectivity index (χ4v) is 3.11. The van der Waals surface area contributed by atoms with Crippen molar-refractivity contribution in [2.45, 2.75) is 19.4 Å². The maximum Gasteiger partial charge on any atom is 0.161 e. The molecule has 0 amide bonds. The van der Waals surface area contributed by atoms with Crippen molar-refractivity contribution in [2.75, 3.05) is 20.8 Å². The molecule has 1 atom stereocenters. The Bertz CT molecular complexity index is 652. The number of rotatable bonds is 3. The zero-order chi connectivity index (χ0) is 14.8. The molecule has 0 spiro atoms. The minimum absolute atomic E-state index is 0.355. The van der Waals surface area contributed by atoms with Gasteiger partial charge in [-0.2, -0.15) is 0 Å². The van der Waals surface area contributed by atoms with E-state index in [0.717, 1.165) is 24.6 Å². The molecule has 1 N–H and O–H groups in total. The minimum atomic E-state index is 0.355. The Hall–Kier alpha value is -2.00. The smallest absolute Gasteiger partial charge is 0.161 e. The van der Waals surface area contributed by atoms with Crippen LogP contribution in [0, 0.1) is 6.92 Å². The largest absolute Gasteiger partial charge is 0.493 e. The lowest BCUT2D eigenvalue weighted by Crippen LogP contribution is -2.29. The molecular formula is C18H21NO2. The monoisotopic (exact) mass is 283 g/mol. The summed E-state index contributed by atoms with van der Waals surface area (Å²) >= 11 is 0. The second kappa shape index (κ2) is 5.78. The first-order chi connectivity index (χ1) is 10.2. The van der Waals surface area contributed by atoms with E-state index in [-0.39, 0.29) is 0 Å². The van der Waals surface area contributed by atoms with E-state index < -0.39 is 0 Å². The second-order valence-electron chi connectivity index (χ2n) is 5.44. The van der Waals surface area contributed by atoms with Crippen LogP contribution in [0.1, 0.15) is 28.2 Å². The molecule has 1 aliphatic rings. The predicted molar refractivity (Wildman–Crippen MR) is 84.3 cm³/mol. The van der Waals surface area contributed by atoms with Crippen LogP contribution in [0.15, 0.2) is 36.4 Å². The van der Waals surface area contributed by atoms with E-state index in [0.29, 0.717) is 5.92 Å². The van der Waals surface area contributed by atoms with E-state index in [1.807, 2.05) is 6.07 Å². The normalized spacial score (nSPS) is 17.2. The van der Waals surface area contributed by atoms with Gasteiger partial charge in [0.1, 0.15) is 0 Å². The first-order valence-corrected chi connectivity index (χ1v) is 7.25. The van der Waals surface area contributed by atoms with Crippen molar-refractivity contribution in [2.24, 2.45) is 0 Å². The maximum atomic E-state index is 5.43. The van der Waals surface area contributed by atoms with Crippen LogP contribution >= 0.6 is 0 Å². The van der Waals surface area contributed by atoms with Gasteiger partial charge in [0.15, 0.2) is 11.5 Å². The van der Waals surface area contributed by atoms with E-state index >= 15 is 0 Å². The third-order valence-corrected chi connectivity index (χ3v) is 4.28. The van der Waals surface area contributed by atoms with E-state index in [2.05, 4.69) is 42.6 Å². The minimum Gasteiger partial charge on any atom is -0.493 e. The van der Waals surface area contributed by atoms with Crippen molar-refractivity contribution < 1.29 is 9.47 Å². The highest BCUT2D eigenvalue weighted by molar-refractivity contribution is 5.49. The highest BCUT2D eigenvalue weighted by atomic mass is 16.5. The molecule has 21 heavy (non-hydrogen) atoms. The number of benzene rings is 2. The van der Waals surface area contributed by atoms with Crippen molar-refractivity contribution in [1.82, 2.24) is 5.32 Å². The van der Waals surface area contributed by atoms with Crippen molar-refractivity contribution in [1.29, 1.82) is 0 Å². The lowest BCUT2D eigenvalue weighted by Gasteiger charge is -2.28. The van der Waals surface area contributed by atoms with Gasteiger partial charge in [-0.05, 0) is 41.3 Å². The van der Waals surface area contributed by atoms with Crippen LogP contribution in [0.3, 0.4) is 0 Å². The van der Waals surface area contributed by atoms with Gasteiger partial charge in [-0.15, -0.1) is 0 Å². The Labute approximate surface area is 125 Å². The van der Waals surface area contributed by atoms with Gasteiger partial charge in [-0.25, -0.2) is 0 Å². The van der Waals surface area contributed by atoms with E-state index in [9.17, 15) is 0 Å². The molecule has 110 valence electrons. The molecule has 2 aromatic carbocycles. The van der Waals surface area contributed by atoms with Crippen molar-refractivity contribution >= 4 is 0 Å². The van der Waals surface area contributed by atoms with Crippen LogP contribution in [0.4, 0.5) is 0 Å². The molecule has 1 unspecified atom stereocenters. The molecule has 0 aliphatic carbocycles. The summed E-state index contributed by atoms with van der Waals surface area (Å²) in [6.45, 7) is 4.08. The molecule has 0 aromatic heterocycles. The lowest BCUT2D eigenvalue weighted by atomic mass is 9.84. The fourth-order valence-electron chi connectivity index (χ4n) is 3.11. The molecule has 1 aliphatic heterocycles. The van der Waals surface area contributed by atoms with Gasteiger partial charge in [-0.3, -0.25) is 0 Å². The molecule has 0 bridgehead atoms. The van der Waals surface area contributed by atoms with Crippen molar-refractivity contribution in [3.63, 3.8) is 0 Å². The lowest BCUT2D eigenvalue weighted by molar-refractivity contribution is 0.354. The average Bonchev–Trinajstić information content (AvgIpc) is 2.54. The summed E-state index contributed by atoms with van der Waals surface area (Å²) in [4.78, 5) is 0. The van der Waals surface area contributed by atoms with Crippen LogP contribution in [0.25, 0.3) is 0 Å². The van der Waals surface area contributed by atoms with Crippen LogP contribution in [0.5, 0.6) is 11.5 Å². The highest BCUT2D eigenvalue weighted by Gasteiger charge is 2.23. The van der Waals surface area contributed by atoms with Crippen LogP contribution in [-0.4, -0.2) is 20.8 Å². The van der Waals surface area contributed by atoms with Gasteiger partial charge in [0.05, 0.1) is 14.2 Å². The number of methoxy groups -OCH3 is 2. The van der Waals surface area contributed by atoms with Gasteiger partial charge in [0.2, 0.25) is 0 Å². The van der Waals surface area contributed by atoms with Crippen LogP contribution < -0.4 is 14.8 Å². The summed E-state index contributed by atoms with van der Waals surface area (Å²) in [5.74, 6) is 1.91. The molecule has 3 rings (SSSR count). The van der Waals surface area contributed by atoms with Gasteiger partial charge < -0.3 is 14.8 Å². The Morgan fingerprint density at radius 3 is 2.62 bits per heavy atom. The summed E-state index contributed by atoms with van der Waals surface area (Å²) in [5, 5.41) is 3.52. The van der Waals surface area contributed by atoms with Crippen molar-refractivity contribution in [3.8, 4) is 11.5 Å². The zero-order valence-corrected chi connectivity index (χ0v) is 12.8. The van der Waals surface area contributed by atoms with Crippen LogP contribution in [-0.2, 0) is 6.54 Å².